The second kappa shape index (κ2) is 7.55. The third-order valence-corrected chi connectivity index (χ3v) is 3.84. The normalized spacial score (nSPS) is 17.7. The van der Waals surface area contributed by atoms with E-state index >= 15 is 0 Å². The van der Waals surface area contributed by atoms with Crippen molar-refractivity contribution in [1.82, 2.24) is 15.6 Å². The molecule has 6 nitrogen and oxygen atoms in total. The monoisotopic (exact) mass is 333 g/mol. The number of carbonyl (C=O) groups excluding carboxylic acids is 1. The van der Waals surface area contributed by atoms with Gasteiger partial charge in [-0.1, -0.05) is 0 Å². The summed E-state index contributed by atoms with van der Waals surface area (Å²) in [6.07, 6.45) is 0.132. The van der Waals surface area contributed by atoms with Crippen molar-refractivity contribution in [1.29, 1.82) is 0 Å². The Morgan fingerprint density at radius 3 is 2.92 bits per heavy atom. The number of oxazole rings is 1. The number of aromatic nitrogens is 1. The van der Waals surface area contributed by atoms with Gasteiger partial charge in [0.2, 0.25) is 11.8 Å². The number of benzene rings is 1. The molecular formula is C17H20FN3O3. The van der Waals surface area contributed by atoms with E-state index in [1.807, 2.05) is 0 Å². The molecule has 1 fully saturated rings. The standard InChI is InChI=1S/C17H20FN3O3/c1-11-15(8-16(22)20-10-14-9-19-6-7-23-14)21-17(24-11)12-2-4-13(18)5-3-12/h2-5,14,19H,6-10H2,1H3,(H,20,22)/t14-/m1/s1. The van der Waals surface area contributed by atoms with Gasteiger partial charge in [0, 0.05) is 25.2 Å². The molecule has 1 aromatic carbocycles. The molecule has 1 aromatic heterocycles. The van der Waals surface area contributed by atoms with E-state index in [0.29, 0.717) is 36.1 Å². The number of nitrogens with zero attached hydrogens (tertiary/aromatic N) is 1. The third kappa shape index (κ3) is 4.18. The molecule has 1 aliphatic rings. The van der Waals surface area contributed by atoms with Crippen LogP contribution in [0.1, 0.15) is 11.5 Å². The fraction of sp³-hybridized carbons (Fsp3) is 0.412. The molecule has 0 bridgehead atoms. The van der Waals surface area contributed by atoms with E-state index in [1.54, 1.807) is 19.1 Å². The van der Waals surface area contributed by atoms with Gasteiger partial charge in [-0.15, -0.1) is 0 Å². The number of carbonyl (C=O) groups is 1. The largest absolute Gasteiger partial charge is 0.441 e. The molecule has 2 N–H and O–H groups in total. The van der Waals surface area contributed by atoms with Gasteiger partial charge in [0.1, 0.15) is 11.6 Å². The highest BCUT2D eigenvalue weighted by atomic mass is 19.1. The Hall–Kier alpha value is -2.25. The lowest BCUT2D eigenvalue weighted by Crippen LogP contribution is -2.45. The molecule has 0 unspecified atom stereocenters. The van der Waals surface area contributed by atoms with Gasteiger partial charge in [0.25, 0.3) is 0 Å². The van der Waals surface area contributed by atoms with Crippen LogP contribution in [0.2, 0.25) is 0 Å². The molecule has 24 heavy (non-hydrogen) atoms. The third-order valence-electron chi connectivity index (χ3n) is 3.84. The second-order valence-electron chi connectivity index (χ2n) is 5.71. The van der Waals surface area contributed by atoms with Gasteiger partial charge >= 0.3 is 0 Å². The minimum atomic E-state index is -0.318. The van der Waals surface area contributed by atoms with E-state index in [9.17, 15) is 9.18 Å². The lowest BCUT2D eigenvalue weighted by molar-refractivity contribution is -0.121. The summed E-state index contributed by atoms with van der Waals surface area (Å²) in [7, 11) is 0. The number of halogens is 1. The van der Waals surface area contributed by atoms with Crippen LogP contribution in [0.15, 0.2) is 28.7 Å². The SMILES string of the molecule is Cc1oc(-c2ccc(F)cc2)nc1CC(=O)NC[C@H]1CNCCO1. The molecule has 2 aromatic rings. The summed E-state index contributed by atoms with van der Waals surface area (Å²) < 4.78 is 24.1. The van der Waals surface area contributed by atoms with Crippen molar-refractivity contribution in [3.05, 3.63) is 41.5 Å². The van der Waals surface area contributed by atoms with Gasteiger partial charge in [0.15, 0.2) is 0 Å². The Morgan fingerprint density at radius 1 is 1.42 bits per heavy atom. The maximum absolute atomic E-state index is 13.0. The number of amides is 1. The van der Waals surface area contributed by atoms with Crippen LogP contribution in [0.4, 0.5) is 4.39 Å². The van der Waals surface area contributed by atoms with E-state index in [1.165, 1.54) is 12.1 Å². The van der Waals surface area contributed by atoms with Gasteiger partial charge in [-0.2, -0.15) is 0 Å². The topological polar surface area (TPSA) is 76.4 Å². The van der Waals surface area contributed by atoms with E-state index in [-0.39, 0.29) is 24.2 Å². The molecule has 7 heteroatoms. The summed E-state index contributed by atoms with van der Waals surface area (Å²) in [4.78, 5) is 16.4. The van der Waals surface area contributed by atoms with E-state index in [4.69, 9.17) is 9.15 Å². The minimum Gasteiger partial charge on any atom is -0.441 e. The second-order valence-corrected chi connectivity index (χ2v) is 5.71. The van der Waals surface area contributed by atoms with Crippen molar-refractivity contribution >= 4 is 5.91 Å². The zero-order valence-corrected chi connectivity index (χ0v) is 13.5. The Balaban J connectivity index is 1.58. The average molecular weight is 333 g/mol. The zero-order chi connectivity index (χ0) is 16.9. The number of morpholine rings is 1. The Kier molecular flexibility index (Phi) is 5.22. The highest BCUT2D eigenvalue weighted by Crippen LogP contribution is 2.22. The van der Waals surface area contributed by atoms with Gasteiger partial charge in [-0.25, -0.2) is 9.37 Å². The van der Waals surface area contributed by atoms with E-state index in [2.05, 4.69) is 15.6 Å². The number of nitrogens with one attached hydrogen (secondary N) is 2. The molecule has 0 saturated carbocycles. The predicted octanol–water partition coefficient (Wildman–Crippen LogP) is 1.44. The fourth-order valence-electron chi connectivity index (χ4n) is 2.50. The number of aryl methyl sites for hydroxylation is 1. The molecule has 1 saturated heterocycles. The minimum absolute atomic E-state index is 0.00381. The van der Waals surface area contributed by atoms with Gasteiger partial charge in [-0.05, 0) is 31.2 Å². The van der Waals surface area contributed by atoms with Gasteiger partial charge < -0.3 is 19.8 Å². The smallest absolute Gasteiger partial charge is 0.226 e. The van der Waals surface area contributed by atoms with Crippen molar-refractivity contribution < 1.29 is 18.3 Å². The first-order valence-electron chi connectivity index (χ1n) is 7.93. The average Bonchev–Trinajstić information content (AvgIpc) is 2.95. The molecular weight excluding hydrogens is 313 g/mol. The lowest BCUT2D eigenvalue weighted by Gasteiger charge is -2.23. The van der Waals surface area contributed by atoms with Crippen molar-refractivity contribution in [3.63, 3.8) is 0 Å². The zero-order valence-electron chi connectivity index (χ0n) is 13.5. The predicted molar refractivity (Wildman–Crippen MR) is 86.0 cm³/mol. The summed E-state index contributed by atoms with van der Waals surface area (Å²) in [5, 5.41) is 6.06. The number of hydrogen-bond acceptors (Lipinski definition) is 5. The lowest BCUT2D eigenvalue weighted by atomic mass is 10.2. The number of rotatable bonds is 5. The van der Waals surface area contributed by atoms with Gasteiger partial charge in [0.05, 0.1) is 24.8 Å². The molecule has 0 radical (unpaired) electrons. The molecule has 1 aliphatic heterocycles. The quantitative estimate of drug-likeness (QED) is 0.866. The molecule has 2 heterocycles. The summed E-state index contributed by atoms with van der Waals surface area (Å²) in [6, 6.07) is 5.88. The first-order valence-corrected chi connectivity index (χ1v) is 7.93. The summed E-state index contributed by atoms with van der Waals surface area (Å²) >= 11 is 0. The van der Waals surface area contributed by atoms with Crippen LogP contribution in [-0.4, -0.2) is 43.2 Å². The van der Waals surface area contributed by atoms with Crippen LogP contribution < -0.4 is 10.6 Å². The van der Waals surface area contributed by atoms with Crippen LogP contribution in [0.3, 0.4) is 0 Å². The van der Waals surface area contributed by atoms with Crippen LogP contribution in [-0.2, 0) is 16.0 Å². The summed E-state index contributed by atoms with van der Waals surface area (Å²) in [5.74, 6) is 0.516. The van der Waals surface area contributed by atoms with E-state index in [0.717, 1.165) is 13.1 Å². The highest BCUT2D eigenvalue weighted by Gasteiger charge is 2.17. The Bertz CT molecular complexity index is 694. The maximum Gasteiger partial charge on any atom is 0.226 e. The van der Waals surface area contributed by atoms with Crippen LogP contribution in [0, 0.1) is 12.7 Å². The fourth-order valence-corrected chi connectivity index (χ4v) is 2.50. The maximum atomic E-state index is 13.0. The molecule has 1 atom stereocenters. The van der Waals surface area contributed by atoms with Crippen LogP contribution in [0.5, 0.6) is 0 Å². The van der Waals surface area contributed by atoms with Crippen molar-refractivity contribution in [2.75, 3.05) is 26.2 Å². The van der Waals surface area contributed by atoms with E-state index < -0.39 is 0 Å². The first-order chi connectivity index (χ1) is 11.6. The highest BCUT2D eigenvalue weighted by molar-refractivity contribution is 5.78. The molecule has 0 aliphatic carbocycles. The van der Waals surface area contributed by atoms with Crippen LogP contribution in [0.25, 0.3) is 11.5 Å². The first kappa shape index (κ1) is 16.6. The molecule has 128 valence electrons. The van der Waals surface area contributed by atoms with Crippen molar-refractivity contribution in [2.24, 2.45) is 0 Å². The summed E-state index contributed by atoms with van der Waals surface area (Å²) in [5.41, 5.74) is 1.25. The van der Waals surface area contributed by atoms with Crippen molar-refractivity contribution in [3.8, 4) is 11.5 Å². The van der Waals surface area contributed by atoms with Crippen LogP contribution >= 0.6 is 0 Å². The molecule has 3 rings (SSSR count). The Labute approximate surface area is 139 Å². The number of hydrogen-bond donors (Lipinski definition) is 2. The molecule has 0 spiro atoms. The summed E-state index contributed by atoms with van der Waals surface area (Å²) in [6.45, 7) is 4.46. The van der Waals surface area contributed by atoms with Crippen molar-refractivity contribution in [2.45, 2.75) is 19.4 Å². The van der Waals surface area contributed by atoms with Gasteiger partial charge in [-0.3, -0.25) is 4.79 Å². The number of ether oxygens (including phenoxy) is 1. The Morgan fingerprint density at radius 2 is 2.21 bits per heavy atom. The molecule has 1 amide bonds.